The van der Waals surface area contributed by atoms with E-state index in [-0.39, 0.29) is 0 Å². The van der Waals surface area contributed by atoms with E-state index in [2.05, 4.69) is 15.3 Å². The Morgan fingerprint density at radius 2 is 2.06 bits per heavy atom. The number of hydrogen-bond donors (Lipinski definition) is 1. The van der Waals surface area contributed by atoms with Crippen LogP contribution in [-0.2, 0) is 0 Å². The third kappa shape index (κ3) is 2.58. The highest BCUT2D eigenvalue weighted by atomic mass is 35.5. The molecule has 1 aromatic heterocycles. The van der Waals surface area contributed by atoms with Crippen LogP contribution in [0.25, 0.3) is 0 Å². The first-order valence-corrected chi connectivity index (χ1v) is 5.76. The maximum absolute atomic E-state index is 8.86. The van der Waals surface area contributed by atoms with Gasteiger partial charge >= 0.3 is 0 Å². The van der Waals surface area contributed by atoms with E-state index < -0.39 is 0 Å². The molecule has 0 radical (unpaired) electrons. The van der Waals surface area contributed by atoms with Gasteiger partial charge in [-0.2, -0.15) is 5.26 Å². The predicted octanol–water partition coefficient (Wildman–Crippen LogP) is 3.36. The molecule has 2 rings (SSSR count). The van der Waals surface area contributed by atoms with Gasteiger partial charge in [-0.05, 0) is 37.6 Å². The monoisotopic (exact) mass is 258 g/mol. The Morgan fingerprint density at radius 1 is 1.28 bits per heavy atom. The molecule has 0 saturated carbocycles. The Morgan fingerprint density at radius 3 is 2.78 bits per heavy atom. The normalized spacial score (nSPS) is 9.89. The number of hydrogen-bond acceptors (Lipinski definition) is 4. The van der Waals surface area contributed by atoms with Gasteiger partial charge in [-0.3, -0.25) is 0 Å². The van der Waals surface area contributed by atoms with Crippen molar-refractivity contribution >= 4 is 23.2 Å². The Kier molecular flexibility index (Phi) is 3.45. The summed E-state index contributed by atoms with van der Waals surface area (Å²) in [4.78, 5) is 8.32. The number of rotatable bonds is 2. The van der Waals surface area contributed by atoms with Gasteiger partial charge in [-0.15, -0.1) is 0 Å². The number of halogens is 1. The first kappa shape index (κ1) is 12.3. The molecule has 4 nitrogen and oxygen atoms in total. The van der Waals surface area contributed by atoms with Crippen molar-refractivity contribution in [1.82, 2.24) is 9.97 Å². The van der Waals surface area contributed by atoms with Crippen molar-refractivity contribution in [2.45, 2.75) is 13.8 Å². The molecule has 1 aromatic carbocycles. The van der Waals surface area contributed by atoms with Gasteiger partial charge in [0.2, 0.25) is 5.95 Å². The fourth-order valence-corrected chi connectivity index (χ4v) is 1.72. The van der Waals surface area contributed by atoms with E-state index >= 15 is 0 Å². The fraction of sp³-hybridized carbons (Fsp3) is 0.154. The molecule has 0 atom stereocenters. The number of anilines is 2. The molecule has 2 aromatic rings. The Hall–Kier alpha value is -2.12. The zero-order chi connectivity index (χ0) is 13.1. The Bertz CT molecular complexity index is 631. The molecule has 0 unspecified atom stereocenters. The van der Waals surface area contributed by atoms with Crippen LogP contribution in [0.3, 0.4) is 0 Å². The maximum atomic E-state index is 8.86. The average Bonchev–Trinajstić information content (AvgIpc) is 2.34. The lowest BCUT2D eigenvalue weighted by atomic mass is 10.2. The number of nitrogens with zero attached hydrogens (tertiary/aromatic N) is 3. The van der Waals surface area contributed by atoms with Gasteiger partial charge < -0.3 is 5.32 Å². The van der Waals surface area contributed by atoms with E-state index in [0.29, 0.717) is 16.7 Å². The quantitative estimate of drug-likeness (QED) is 0.897. The smallest absolute Gasteiger partial charge is 0.228 e. The number of nitrogens with one attached hydrogen (secondary N) is 1. The van der Waals surface area contributed by atoms with Crippen LogP contribution in [0, 0.1) is 25.2 Å². The highest BCUT2D eigenvalue weighted by molar-refractivity contribution is 6.31. The number of benzene rings is 1. The second-order valence-corrected chi connectivity index (χ2v) is 4.27. The van der Waals surface area contributed by atoms with Crippen molar-refractivity contribution in [2.24, 2.45) is 0 Å². The van der Waals surface area contributed by atoms with E-state index in [1.807, 2.05) is 38.1 Å². The molecule has 0 amide bonds. The van der Waals surface area contributed by atoms with Gasteiger partial charge in [0, 0.05) is 16.4 Å². The summed E-state index contributed by atoms with van der Waals surface area (Å²) >= 11 is 6.04. The largest absolute Gasteiger partial charge is 0.324 e. The van der Waals surface area contributed by atoms with Crippen LogP contribution in [0.2, 0.25) is 5.02 Å². The van der Waals surface area contributed by atoms with Crippen molar-refractivity contribution in [3.63, 3.8) is 0 Å². The molecular formula is C13H11ClN4. The molecule has 18 heavy (non-hydrogen) atoms. The van der Waals surface area contributed by atoms with Gasteiger partial charge in [0.15, 0.2) is 0 Å². The van der Waals surface area contributed by atoms with Crippen LogP contribution >= 0.6 is 11.6 Å². The van der Waals surface area contributed by atoms with Gasteiger partial charge in [0.05, 0.1) is 0 Å². The summed E-state index contributed by atoms with van der Waals surface area (Å²) < 4.78 is 0. The summed E-state index contributed by atoms with van der Waals surface area (Å²) in [6.45, 7) is 3.73. The van der Waals surface area contributed by atoms with Gasteiger partial charge in [-0.25, -0.2) is 9.97 Å². The lowest BCUT2D eigenvalue weighted by Crippen LogP contribution is -2.01. The third-order valence-electron chi connectivity index (χ3n) is 2.48. The summed E-state index contributed by atoms with van der Waals surface area (Å²) in [7, 11) is 0. The SMILES string of the molecule is Cc1cc(C#N)nc(Nc2cccc(Cl)c2C)n1. The molecule has 0 fully saturated rings. The predicted molar refractivity (Wildman–Crippen MR) is 71.0 cm³/mol. The fourth-order valence-electron chi connectivity index (χ4n) is 1.55. The first-order chi connectivity index (χ1) is 8.60. The lowest BCUT2D eigenvalue weighted by molar-refractivity contribution is 1.08. The maximum Gasteiger partial charge on any atom is 0.228 e. The first-order valence-electron chi connectivity index (χ1n) is 5.38. The highest BCUT2D eigenvalue weighted by Gasteiger charge is 2.05. The van der Waals surface area contributed by atoms with E-state index in [1.165, 1.54) is 0 Å². The Balaban J connectivity index is 2.37. The number of nitriles is 1. The second kappa shape index (κ2) is 5.03. The van der Waals surface area contributed by atoms with E-state index in [4.69, 9.17) is 16.9 Å². The molecule has 1 N–H and O–H groups in total. The minimum absolute atomic E-state index is 0.338. The van der Waals surface area contributed by atoms with Crippen molar-refractivity contribution < 1.29 is 0 Å². The topological polar surface area (TPSA) is 61.6 Å². The van der Waals surface area contributed by atoms with E-state index in [9.17, 15) is 0 Å². The molecule has 90 valence electrons. The lowest BCUT2D eigenvalue weighted by Gasteiger charge is -2.09. The molecule has 0 saturated heterocycles. The van der Waals surface area contributed by atoms with E-state index in [1.54, 1.807) is 6.07 Å². The molecule has 0 aliphatic heterocycles. The summed E-state index contributed by atoms with van der Waals surface area (Å²) in [5.41, 5.74) is 2.83. The summed E-state index contributed by atoms with van der Waals surface area (Å²) in [6.07, 6.45) is 0. The molecule has 0 bridgehead atoms. The summed E-state index contributed by atoms with van der Waals surface area (Å²) in [5.74, 6) is 0.400. The van der Waals surface area contributed by atoms with Gasteiger partial charge in [0.25, 0.3) is 0 Å². The minimum Gasteiger partial charge on any atom is -0.324 e. The highest BCUT2D eigenvalue weighted by Crippen LogP contribution is 2.24. The van der Waals surface area contributed by atoms with Gasteiger partial charge in [-0.1, -0.05) is 17.7 Å². The van der Waals surface area contributed by atoms with Crippen LogP contribution in [0.1, 0.15) is 17.0 Å². The van der Waals surface area contributed by atoms with Crippen LogP contribution in [0.15, 0.2) is 24.3 Å². The summed E-state index contributed by atoms with van der Waals surface area (Å²) in [6, 6.07) is 9.19. The van der Waals surface area contributed by atoms with Crippen molar-refractivity contribution in [3.8, 4) is 6.07 Å². The van der Waals surface area contributed by atoms with Crippen LogP contribution in [0.4, 0.5) is 11.6 Å². The van der Waals surface area contributed by atoms with Crippen molar-refractivity contribution in [3.05, 3.63) is 46.2 Å². The number of aromatic nitrogens is 2. The molecule has 0 aliphatic carbocycles. The zero-order valence-corrected chi connectivity index (χ0v) is 10.8. The average molecular weight is 259 g/mol. The zero-order valence-electron chi connectivity index (χ0n) is 10.0. The standard InChI is InChI=1S/C13H11ClN4/c1-8-6-10(7-15)17-13(16-8)18-12-5-3-4-11(14)9(12)2/h3-6H,1-2H3,(H,16,17,18). The van der Waals surface area contributed by atoms with Crippen LogP contribution in [-0.4, -0.2) is 9.97 Å². The second-order valence-electron chi connectivity index (χ2n) is 3.87. The molecule has 0 spiro atoms. The van der Waals surface area contributed by atoms with E-state index in [0.717, 1.165) is 16.9 Å². The molecule has 1 heterocycles. The number of aryl methyl sites for hydroxylation is 1. The van der Waals surface area contributed by atoms with Crippen molar-refractivity contribution in [1.29, 1.82) is 5.26 Å². The summed E-state index contributed by atoms with van der Waals surface area (Å²) in [5, 5.41) is 12.6. The Labute approximate surface area is 110 Å². The van der Waals surface area contributed by atoms with Crippen LogP contribution < -0.4 is 5.32 Å². The van der Waals surface area contributed by atoms with Crippen molar-refractivity contribution in [2.75, 3.05) is 5.32 Å². The molecule has 5 heteroatoms. The molecule has 0 aliphatic rings. The van der Waals surface area contributed by atoms with Crippen LogP contribution in [0.5, 0.6) is 0 Å². The minimum atomic E-state index is 0.338. The van der Waals surface area contributed by atoms with Gasteiger partial charge in [0.1, 0.15) is 11.8 Å². The molecular weight excluding hydrogens is 248 g/mol. The third-order valence-corrected chi connectivity index (χ3v) is 2.89.